The number of amides is 1. The average molecular weight is 473 g/mol. The molecule has 4 aromatic rings. The first-order valence-corrected chi connectivity index (χ1v) is 10.5. The van der Waals surface area contributed by atoms with Crippen LogP contribution in [0, 0.1) is 11.6 Å². The number of aromatic nitrogens is 4. The lowest BCUT2D eigenvalue weighted by Crippen LogP contribution is -2.20. The number of hydrogen-bond donors (Lipinski definition) is 2. The fourth-order valence-electron chi connectivity index (χ4n) is 3.07. The molecule has 0 unspecified atom stereocenters. The van der Waals surface area contributed by atoms with E-state index in [1.54, 1.807) is 6.20 Å². The standard InChI is InChI=1S/C22H19ClF2N6O2/c23-7-2-8-33-15-5-6-16-19(9-15)26-13-27-22(16)29-14-10-28-31(11-14)12-20(32)30-21-17(24)3-1-4-18(21)25/h1,3-6,9-11,13H,2,7-8,12H2,(H,30,32)(H,26,27,29). The summed E-state index contributed by atoms with van der Waals surface area (Å²) in [6.45, 7) is 0.282. The third-order valence-corrected chi connectivity index (χ3v) is 4.85. The van der Waals surface area contributed by atoms with Gasteiger partial charge < -0.3 is 15.4 Å². The molecule has 2 aromatic heterocycles. The number of carbonyl (C=O) groups is 1. The van der Waals surface area contributed by atoms with Crippen molar-refractivity contribution in [2.45, 2.75) is 13.0 Å². The van der Waals surface area contributed by atoms with Gasteiger partial charge in [-0.2, -0.15) is 5.10 Å². The van der Waals surface area contributed by atoms with Gasteiger partial charge in [-0.3, -0.25) is 9.48 Å². The summed E-state index contributed by atoms with van der Waals surface area (Å²) in [4.78, 5) is 20.7. The van der Waals surface area contributed by atoms with Crippen molar-refractivity contribution in [3.05, 3.63) is 66.8 Å². The highest BCUT2D eigenvalue weighted by Crippen LogP contribution is 2.26. The van der Waals surface area contributed by atoms with Crippen LogP contribution in [-0.4, -0.2) is 38.1 Å². The highest BCUT2D eigenvalue weighted by molar-refractivity contribution is 6.17. The molecule has 33 heavy (non-hydrogen) atoms. The molecule has 0 saturated heterocycles. The molecule has 0 aliphatic carbocycles. The van der Waals surface area contributed by atoms with E-state index in [2.05, 4.69) is 25.7 Å². The van der Waals surface area contributed by atoms with Crippen LogP contribution in [0.15, 0.2) is 55.1 Å². The van der Waals surface area contributed by atoms with Crippen LogP contribution in [0.1, 0.15) is 6.42 Å². The van der Waals surface area contributed by atoms with E-state index in [0.717, 1.165) is 23.9 Å². The van der Waals surface area contributed by atoms with Crippen molar-refractivity contribution >= 4 is 45.6 Å². The monoisotopic (exact) mass is 472 g/mol. The van der Waals surface area contributed by atoms with Gasteiger partial charge in [-0.05, 0) is 30.7 Å². The van der Waals surface area contributed by atoms with Crippen molar-refractivity contribution in [3.63, 3.8) is 0 Å². The minimum Gasteiger partial charge on any atom is -0.493 e. The van der Waals surface area contributed by atoms with Gasteiger partial charge in [0, 0.05) is 23.5 Å². The highest BCUT2D eigenvalue weighted by atomic mass is 35.5. The number of hydrogen-bond acceptors (Lipinski definition) is 6. The molecule has 2 heterocycles. The molecule has 2 N–H and O–H groups in total. The Morgan fingerprint density at radius 3 is 2.76 bits per heavy atom. The quantitative estimate of drug-likeness (QED) is 0.275. The Hall–Kier alpha value is -3.79. The maximum Gasteiger partial charge on any atom is 0.246 e. The molecular weight excluding hydrogens is 454 g/mol. The number of carbonyl (C=O) groups excluding carboxylic acids is 1. The molecule has 0 radical (unpaired) electrons. The topological polar surface area (TPSA) is 94.0 Å². The van der Waals surface area contributed by atoms with E-state index in [1.165, 1.54) is 23.3 Å². The van der Waals surface area contributed by atoms with Gasteiger partial charge in [0.1, 0.15) is 41.8 Å². The Kier molecular flexibility index (Phi) is 6.94. The third-order valence-electron chi connectivity index (χ3n) is 4.58. The number of alkyl halides is 1. The highest BCUT2D eigenvalue weighted by Gasteiger charge is 2.13. The van der Waals surface area contributed by atoms with Gasteiger partial charge in [0.25, 0.3) is 0 Å². The summed E-state index contributed by atoms with van der Waals surface area (Å²) in [7, 11) is 0. The summed E-state index contributed by atoms with van der Waals surface area (Å²) < 4.78 is 34.4. The number of fused-ring (bicyclic) bond motifs is 1. The third kappa shape index (κ3) is 5.53. The first kappa shape index (κ1) is 22.4. The number of para-hydroxylation sites is 1. The lowest BCUT2D eigenvalue weighted by molar-refractivity contribution is -0.116. The summed E-state index contributed by atoms with van der Waals surface area (Å²) in [5.41, 5.74) is 0.767. The van der Waals surface area contributed by atoms with Gasteiger partial charge in [0.05, 0.1) is 24.0 Å². The van der Waals surface area contributed by atoms with Crippen molar-refractivity contribution in [3.8, 4) is 5.75 Å². The minimum absolute atomic E-state index is 0.233. The normalized spacial score (nSPS) is 10.9. The fraction of sp³-hybridized carbons (Fsp3) is 0.182. The number of halogens is 3. The Morgan fingerprint density at radius 1 is 1.15 bits per heavy atom. The van der Waals surface area contributed by atoms with Crippen molar-refractivity contribution in [1.29, 1.82) is 0 Å². The van der Waals surface area contributed by atoms with Crippen LogP contribution in [0.3, 0.4) is 0 Å². The molecule has 0 saturated carbocycles. The van der Waals surface area contributed by atoms with Crippen LogP contribution in [0.2, 0.25) is 0 Å². The number of anilines is 3. The molecule has 0 fully saturated rings. The Morgan fingerprint density at radius 2 is 1.97 bits per heavy atom. The smallest absolute Gasteiger partial charge is 0.246 e. The van der Waals surface area contributed by atoms with Crippen LogP contribution in [-0.2, 0) is 11.3 Å². The molecular formula is C22H19ClF2N6O2. The Labute approximate surface area is 192 Å². The lowest BCUT2D eigenvalue weighted by Gasteiger charge is -2.09. The van der Waals surface area contributed by atoms with Gasteiger partial charge in [-0.15, -0.1) is 11.6 Å². The molecule has 0 atom stereocenters. The van der Waals surface area contributed by atoms with Gasteiger partial charge in [-0.1, -0.05) is 6.07 Å². The van der Waals surface area contributed by atoms with Gasteiger partial charge in [-0.25, -0.2) is 18.7 Å². The van der Waals surface area contributed by atoms with Crippen molar-refractivity contribution in [2.75, 3.05) is 23.1 Å². The van der Waals surface area contributed by atoms with Crippen molar-refractivity contribution in [1.82, 2.24) is 19.7 Å². The summed E-state index contributed by atoms with van der Waals surface area (Å²) in [5.74, 6) is -0.571. The minimum atomic E-state index is -0.852. The first-order chi connectivity index (χ1) is 16.0. The van der Waals surface area contributed by atoms with Crippen LogP contribution in [0.4, 0.5) is 26.0 Å². The first-order valence-electron chi connectivity index (χ1n) is 10.0. The zero-order valence-corrected chi connectivity index (χ0v) is 18.0. The second-order valence-corrected chi connectivity index (χ2v) is 7.37. The van der Waals surface area contributed by atoms with E-state index in [1.807, 2.05) is 18.2 Å². The second-order valence-electron chi connectivity index (χ2n) is 6.99. The molecule has 1 amide bonds. The number of rotatable bonds is 9. The van der Waals surface area contributed by atoms with E-state index in [9.17, 15) is 13.6 Å². The molecule has 8 nitrogen and oxygen atoms in total. The average Bonchev–Trinajstić information content (AvgIpc) is 3.23. The Balaban J connectivity index is 1.43. The van der Waals surface area contributed by atoms with E-state index in [-0.39, 0.29) is 6.54 Å². The number of nitrogens with one attached hydrogen (secondary N) is 2. The van der Waals surface area contributed by atoms with Crippen LogP contribution in [0.5, 0.6) is 5.75 Å². The second kappa shape index (κ2) is 10.2. The van der Waals surface area contributed by atoms with E-state index < -0.39 is 23.2 Å². The van der Waals surface area contributed by atoms with Crippen LogP contribution >= 0.6 is 11.6 Å². The molecule has 0 spiro atoms. The maximum atomic E-state index is 13.7. The molecule has 0 bridgehead atoms. The predicted molar refractivity (Wildman–Crippen MR) is 121 cm³/mol. The van der Waals surface area contributed by atoms with Crippen LogP contribution < -0.4 is 15.4 Å². The predicted octanol–water partition coefficient (Wildman–Crippen LogP) is 4.49. The Bertz CT molecular complexity index is 1260. The van der Waals surface area contributed by atoms with Crippen molar-refractivity contribution in [2.24, 2.45) is 0 Å². The number of ether oxygens (including phenoxy) is 1. The summed E-state index contributed by atoms with van der Waals surface area (Å²) in [6, 6.07) is 8.82. The molecule has 2 aromatic carbocycles. The van der Waals surface area contributed by atoms with E-state index >= 15 is 0 Å². The fourth-order valence-corrected chi connectivity index (χ4v) is 3.17. The number of benzene rings is 2. The SMILES string of the molecule is O=C(Cn1cc(Nc2ncnc3cc(OCCCCl)ccc23)cn1)Nc1c(F)cccc1F. The van der Waals surface area contributed by atoms with E-state index in [0.29, 0.717) is 35.3 Å². The van der Waals surface area contributed by atoms with Gasteiger partial charge >= 0.3 is 0 Å². The van der Waals surface area contributed by atoms with Crippen molar-refractivity contribution < 1.29 is 18.3 Å². The molecule has 0 aliphatic rings. The van der Waals surface area contributed by atoms with Gasteiger partial charge in [0.2, 0.25) is 5.91 Å². The van der Waals surface area contributed by atoms with Gasteiger partial charge in [0.15, 0.2) is 0 Å². The zero-order chi connectivity index (χ0) is 23.2. The summed E-state index contributed by atoms with van der Waals surface area (Å²) >= 11 is 5.67. The molecule has 4 rings (SSSR count). The molecule has 11 heteroatoms. The largest absolute Gasteiger partial charge is 0.493 e. The zero-order valence-electron chi connectivity index (χ0n) is 17.3. The summed E-state index contributed by atoms with van der Waals surface area (Å²) in [5, 5.41) is 10.2. The summed E-state index contributed by atoms with van der Waals surface area (Å²) in [6.07, 6.45) is 5.25. The molecule has 170 valence electrons. The molecule has 0 aliphatic heterocycles. The number of nitrogens with zero attached hydrogens (tertiary/aromatic N) is 4. The van der Waals surface area contributed by atoms with E-state index in [4.69, 9.17) is 16.3 Å². The van der Waals surface area contributed by atoms with Crippen LogP contribution in [0.25, 0.3) is 10.9 Å². The lowest BCUT2D eigenvalue weighted by atomic mass is 10.2. The maximum absolute atomic E-state index is 13.7.